The molecule has 6 heteroatoms. The molecular weight excluding hydrogens is 328 g/mol. The van der Waals surface area contributed by atoms with Gasteiger partial charge in [0.1, 0.15) is 0 Å². The molecule has 0 spiro atoms. The monoisotopic (exact) mass is 366 g/mol. The number of likely N-dealkylation sites (tertiary alicyclic amines) is 1. The van der Waals surface area contributed by atoms with Gasteiger partial charge in [-0.25, -0.2) is 0 Å². The minimum atomic E-state index is 0.0617. The van der Waals surface area contributed by atoms with Gasteiger partial charge in [-0.3, -0.25) is 9.79 Å². The van der Waals surface area contributed by atoms with Gasteiger partial charge in [0.2, 0.25) is 5.91 Å². The molecule has 1 saturated carbocycles. The largest absolute Gasteiger partial charge is 0.378 e. The van der Waals surface area contributed by atoms with Crippen LogP contribution >= 0.6 is 0 Å². The van der Waals surface area contributed by atoms with E-state index in [0.717, 1.165) is 44.9 Å². The Morgan fingerprint density at radius 2 is 2.08 bits per heavy atom. The lowest BCUT2D eigenvalue weighted by molar-refractivity contribution is -0.133. The first-order chi connectivity index (χ1) is 12.3. The number of nitrogens with one attached hydrogen (secondary N) is 2. The van der Waals surface area contributed by atoms with E-state index in [1.807, 2.05) is 25.8 Å². The van der Waals surface area contributed by atoms with Crippen molar-refractivity contribution >= 4 is 11.9 Å². The molecule has 1 aliphatic heterocycles. The molecule has 0 radical (unpaired) electrons. The van der Waals surface area contributed by atoms with Gasteiger partial charge in [0, 0.05) is 50.2 Å². The molecule has 0 aromatic heterocycles. The predicted molar refractivity (Wildman–Crippen MR) is 106 cm³/mol. The van der Waals surface area contributed by atoms with Gasteiger partial charge in [0.15, 0.2) is 5.96 Å². The van der Waals surface area contributed by atoms with Crippen molar-refractivity contribution in [1.29, 1.82) is 0 Å². The van der Waals surface area contributed by atoms with Crippen LogP contribution in [0.2, 0.25) is 0 Å². The molecule has 0 aromatic carbocycles. The first-order valence-corrected chi connectivity index (χ1v) is 10.2. The summed E-state index contributed by atoms with van der Waals surface area (Å²) >= 11 is 0. The molecule has 0 bridgehead atoms. The van der Waals surface area contributed by atoms with E-state index in [1.54, 1.807) is 0 Å². The normalized spacial score (nSPS) is 28.2. The fraction of sp³-hybridized carbons (Fsp3) is 0.900. The van der Waals surface area contributed by atoms with Gasteiger partial charge >= 0.3 is 0 Å². The Bertz CT molecular complexity index is 504. The number of unbranched alkanes of at least 4 members (excludes halogenated alkanes) is 1. The third kappa shape index (κ3) is 4.90. The van der Waals surface area contributed by atoms with Crippen LogP contribution in [-0.4, -0.2) is 61.7 Å². The molecule has 1 heterocycles. The molecule has 0 aromatic rings. The van der Waals surface area contributed by atoms with Crippen LogP contribution in [0, 0.1) is 11.3 Å². The topological polar surface area (TPSA) is 66.0 Å². The minimum Gasteiger partial charge on any atom is -0.378 e. The van der Waals surface area contributed by atoms with Crippen molar-refractivity contribution in [3.05, 3.63) is 0 Å². The number of amides is 1. The summed E-state index contributed by atoms with van der Waals surface area (Å²) < 4.78 is 6.03. The number of hydrogen-bond donors (Lipinski definition) is 2. The van der Waals surface area contributed by atoms with E-state index in [-0.39, 0.29) is 23.3 Å². The third-order valence-corrected chi connectivity index (χ3v) is 5.86. The lowest BCUT2D eigenvalue weighted by Gasteiger charge is -2.52. The Labute approximate surface area is 159 Å². The quantitative estimate of drug-likeness (QED) is 0.412. The standard InChI is InChI=1S/C20H38N4O2/c1-7-8-11-26-17-12-16(20(17,4)5)23-19(21-6)22-15-9-10-24(13-15)18(25)14(2)3/h14-17H,7-13H2,1-6H3,(H2,21,22,23). The maximum atomic E-state index is 12.1. The zero-order chi connectivity index (χ0) is 19.3. The Morgan fingerprint density at radius 1 is 1.35 bits per heavy atom. The molecule has 3 unspecified atom stereocenters. The summed E-state index contributed by atoms with van der Waals surface area (Å²) in [6, 6.07) is 0.624. The Hall–Kier alpha value is -1.30. The van der Waals surface area contributed by atoms with E-state index >= 15 is 0 Å². The second kappa shape index (κ2) is 9.07. The molecule has 2 rings (SSSR count). The van der Waals surface area contributed by atoms with Crippen LogP contribution in [-0.2, 0) is 9.53 Å². The first kappa shape index (κ1) is 21.0. The molecule has 26 heavy (non-hydrogen) atoms. The van der Waals surface area contributed by atoms with Crippen molar-refractivity contribution in [1.82, 2.24) is 15.5 Å². The van der Waals surface area contributed by atoms with Gasteiger partial charge in [0.25, 0.3) is 0 Å². The predicted octanol–water partition coefficient (Wildman–Crippen LogP) is 2.39. The highest BCUT2D eigenvalue weighted by atomic mass is 16.5. The molecule has 2 aliphatic rings. The number of guanidine groups is 1. The second-order valence-electron chi connectivity index (χ2n) is 8.61. The van der Waals surface area contributed by atoms with Gasteiger partial charge in [0.05, 0.1) is 6.10 Å². The van der Waals surface area contributed by atoms with Crippen LogP contribution < -0.4 is 10.6 Å². The molecule has 3 atom stereocenters. The van der Waals surface area contributed by atoms with E-state index < -0.39 is 0 Å². The number of carbonyl (C=O) groups is 1. The smallest absolute Gasteiger partial charge is 0.225 e. The number of carbonyl (C=O) groups excluding carboxylic acids is 1. The number of nitrogens with zero attached hydrogens (tertiary/aromatic N) is 2. The summed E-state index contributed by atoms with van der Waals surface area (Å²) in [5.41, 5.74) is 0.0979. The van der Waals surface area contributed by atoms with Gasteiger partial charge in [-0.1, -0.05) is 41.0 Å². The summed E-state index contributed by atoms with van der Waals surface area (Å²) in [7, 11) is 1.81. The van der Waals surface area contributed by atoms with Gasteiger partial charge in [-0.05, 0) is 19.3 Å². The van der Waals surface area contributed by atoms with E-state index in [2.05, 4.69) is 36.4 Å². The van der Waals surface area contributed by atoms with E-state index in [9.17, 15) is 4.79 Å². The Kier molecular flexibility index (Phi) is 7.33. The van der Waals surface area contributed by atoms with E-state index in [0.29, 0.717) is 12.1 Å². The fourth-order valence-electron chi connectivity index (χ4n) is 3.76. The van der Waals surface area contributed by atoms with Crippen molar-refractivity contribution in [2.45, 2.75) is 78.5 Å². The molecule has 6 nitrogen and oxygen atoms in total. The lowest BCUT2D eigenvalue weighted by atomic mass is 9.64. The van der Waals surface area contributed by atoms with Crippen molar-refractivity contribution < 1.29 is 9.53 Å². The Morgan fingerprint density at radius 3 is 2.65 bits per heavy atom. The molecule has 1 saturated heterocycles. The number of aliphatic imine (C=N–C) groups is 1. The highest BCUT2D eigenvalue weighted by Gasteiger charge is 2.49. The first-order valence-electron chi connectivity index (χ1n) is 10.2. The number of rotatable bonds is 7. The molecule has 2 fully saturated rings. The molecular formula is C20H38N4O2. The molecule has 1 amide bonds. The summed E-state index contributed by atoms with van der Waals surface area (Å²) in [6.45, 7) is 13.1. The zero-order valence-corrected chi connectivity index (χ0v) is 17.5. The fourth-order valence-corrected chi connectivity index (χ4v) is 3.76. The van der Waals surface area contributed by atoms with Crippen LogP contribution in [0.3, 0.4) is 0 Å². The summed E-state index contributed by atoms with van der Waals surface area (Å²) in [4.78, 5) is 18.5. The maximum absolute atomic E-state index is 12.1. The van der Waals surface area contributed by atoms with Crippen LogP contribution in [0.15, 0.2) is 4.99 Å². The average molecular weight is 367 g/mol. The second-order valence-corrected chi connectivity index (χ2v) is 8.61. The summed E-state index contributed by atoms with van der Waals surface area (Å²) in [5, 5.41) is 7.06. The molecule has 150 valence electrons. The van der Waals surface area contributed by atoms with Crippen LogP contribution in [0.25, 0.3) is 0 Å². The third-order valence-electron chi connectivity index (χ3n) is 5.86. The number of ether oxygens (including phenoxy) is 1. The van der Waals surface area contributed by atoms with E-state index in [4.69, 9.17) is 4.74 Å². The summed E-state index contributed by atoms with van der Waals surface area (Å²) in [6.07, 6.45) is 4.59. The highest BCUT2D eigenvalue weighted by Crippen LogP contribution is 2.42. The van der Waals surface area contributed by atoms with Crippen LogP contribution in [0.5, 0.6) is 0 Å². The maximum Gasteiger partial charge on any atom is 0.225 e. The summed E-state index contributed by atoms with van der Waals surface area (Å²) in [5.74, 6) is 1.13. The molecule has 2 N–H and O–H groups in total. The van der Waals surface area contributed by atoms with Gasteiger partial charge in [-0.2, -0.15) is 0 Å². The van der Waals surface area contributed by atoms with Crippen LogP contribution in [0.4, 0.5) is 0 Å². The molecule has 1 aliphatic carbocycles. The number of hydrogen-bond acceptors (Lipinski definition) is 3. The Balaban J connectivity index is 1.79. The van der Waals surface area contributed by atoms with Crippen molar-refractivity contribution in [3.8, 4) is 0 Å². The zero-order valence-electron chi connectivity index (χ0n) is 17.5. The van der Waals surface area contributed by atoms with E-state index in [1.165, 1.54) is 6.42 Å². The van der Waals surface area contributed by atoms with Gasteiger partial charge < -0.3 is 20.3 Å². The van der Waals surface area contributed by atoms with Crippen molar-refractivity contribution in [2.24, 2.45) is 16.3 Å². The average Bonchev–Trinajstić information content (AvgIpc) is 3.06. The van der Waals surface area contributed by atoms with Crippen molar-refractivity contribution in [2.75, 3.05) is 26.7 Å². The van der Waals surface area contributed by atoms with Crippen LogP contribution in [0.1, 0.15) is 60.3 Å². The lowest BCUT2D eigenvalue weighted by Crippen LogP contribution is -2.64. The highest BCUT2D eigenvalue weighted by molar-refractivity contribution is 5.81. The van der Waals surface area contributed by atoms with Gasteiger partial charge in [-0.15, -0.1) is 0 Å². The SMILES string of the molecule is CCCCOC1CC(NC(=NC)NC2CCN(C(=O)C(C)C)C2)C1(C)C. The van der Waals surface area contributed by atoms with Crippen molar-refractivity contribution in [3.63, 3.8) is 0 Å². The minimum absolute atomic E-state index is 0.0617.